The maximum atomic E-state index is 13.3. The van der Waals surface area contributed by atoms with E-state index in [4.69, 9.17) is 5.73 Å². The molecule has 0 bridgehead atoms. The number of aromatic nitrogens is 2. The van der Waals surface area contributed by atoms with Gasteiger partial charge in [-0.25, -0.2) is 18.7 Å². The normalized spacial score (nSPS) is 11.0. The van der Waals surface area contributed by atoms with E-state index in [0.29, 0.717) is 28.1 Å². The summed E-state index contributed by atoms with van der Waals surface area (Å²) in [5, 5.41) is 0. The summed E-state index contributed by atoms with van der Waals surface area (Å²) in [5.74, 6) is -0.654. The maximum absolute atomic E-state index is 13.3. The summed E-state index contributed by atoms with van der Waals surface area (Å²) in [6.45, 7) is 0. The molecular weight excluding hydrogens is 320 g/mol. The van der Waals surface area contributed by atoms with Crippen molar-refractivity contribution < 1.29 is 8.78 Å². The Morgan fingerprint density at radius 1 is 0.600 bits per heavy atom. The number of anilines is 1. The van der Waals surface area contributed by atoms with E-state index in [0.717, 1.165) is 11.1 Å². The molecule has 3 nitrogen and oxygen atoms in total. The first-order valence-electron chi connectivity index (χ1n) is 7.69. The van der Waals surface area contributed by atoms with Crippen molar-refractivity contribution in [1.82, 2.24) is 9.97 Å². The van der Waals surface area contributed by atoms with Crippen LogP contribution in [0.5, 0.6) is 0 Å². The highest BCUT2D eigenvalue weighted by atomic mass is 19.1. The first kappa shape index (κ1) is 15.2. The molecule has 0 spiro atoms. The Bertz CT molecular complexity index is 1060. The summed E-state index contributed by atoms with van der Waals surface area (Å²) < 4.78 is 26.6. The van der Waals surface area contributed by atoms with Crippen molar-refractivity contribution in [2.45, 2.75) is 0 Å². The van der Waals surface area contributed by atoms with E-state index in [1.165, 1.54) is 24.3 Å². The van der Waals surface area contributed by atoms with Gasteiger partial charge < -0.3 is 5.73 Å². The zero-order valence-electron chi connectivity index (χ0n) is 13.1. The molecule has 2 N–H and O–H groups in total. The molecule has 0 aliphatic rings. The van der Waals surface area contributed by atoms with Gasteiger partial charge in [0.15, 0.2) is 0 Å². The molecule has 0 unspecified atom stereocenters. The van der Waals surface area contributed by atoms with Crippen molar-refractivity contribution >= 4 is 16.7 Å². The number of halogens is 2. The molecular formula is C20H13F2N3. The van der Waals surface area contributed by atoms with Crippen LogP contribution in [0.2, 0.25) is 0 Å². The fraction of sp³-hybridized carbons (Fsp3) is 0. The van der Waals surface area contributed by atoms with Gasteiger partial charge in [-0.1, -0.05) is 0 Å². The zero-order valence-corrected chi connectivity index (χ0v) is 13.1. The lowest BCUT2D eigenvalue weighted by molar-refractivity contribution is 0.627. The van der Waals surface area contributed by atoms with E-state index in [1.54, 1.807) is 42.5 Å². The average molecular weight is 333 g/mol. The molecule has 3 aromatic carbocycles. The van der Waals surface area contributed by atoms with Crippen LogP contribution in [0.25, 0.3) is 33.5 Å². The summed E-state index contributed by atoms with van der Waals surface area (Å²) in [5.41, 5.74) is 10.4. The van der Waals surface area contributed by atoms with E-state index >= 15 is 0 Å². The Balaban J connectivity index is 2.01. The van der Waals surface area contributed by atoms with Crippen LogP contribution in [0.15, 0.2) is 66.7 Å². The van der Waals surface area contributed by atoms with Crippen molar-refractivity contribution in [2.24, 2.45) is 0 Å². The maximum Gasteiger partial charge on any atom is 0.123 e. The van der Waals surface area contributed by atoms with E-state index in [2.05, 4.69) is 9.97 Å². The molecule has 1 heterocycles. The third-order valence-electron chi connectivity index (χ3n) is 3.92. The fourth-order valence-corrected chi connectivity index (χ4v) is 2.69. The summed E-state index contributed by atoms with van der Waals surface area (Å²) in [4.78, 5) is 9.36. The highest BCUT2D eigenvalue weighted by molar-refractivity contribution is 5.87. The minimum Gasteiger partial charge on any atom is -0.399 e. The molecule has 0 saturated heterocycles. The van der Waals surface area contributed by atoms with Crippen LogP contribution in [0.4, 0.5) is 14.5 Å². The number of hydrogen-bond acceptors (Lipinski definition) is 3. The molecule has 122 valence electrons. The van der Waals surface area contributed by atoms with Crippen LogP contribution in [0, 0.1) is 11.6 Å². The lowest BCUT2D eigenvalue weighted by Crippen LogP contribution is -1.96. The van der Waals surface area contributed by atoms with Gasteiger partial charge in [0.2, 0.25) is 0 Å². The second kappa shape index (κ2) is 5.94. The van der Waals surface area contributed by atoms with Gasteiger partial charge in [-0.2, -0.15) is 0 Å². The average Bonchev–Trinajstić information content (AvgIpc) is 2.62. The second-order valence-corrected chi connectivity index (χ2v) is 5.68. The number of benzene rings is 3. The summed E-state index contributed by atoms with van der Waals surface area (Å²) in [6, 6.07) is 17.4. The predicted octanol–water partition coefficient (Wildman–Crippen LogP) is 4.82. The Morgan fingerprint density at radius 3 is 1.60 bits per heavy atom. The van der Waals surface area contributed by atoms with Crippen LogP contribution in [0.1, 0.15) is 0 Å². The van der Waals surface area contributed by atoms with Crippen molar-refractivity contribution in [2.75, 3.05) is 5.73 Å². The van der Waals surface area contributed by atoms with Crippen LogP contribution in [0.3, 0.4) is 0 Å². The van der Waals surface area contributed by atoms with Crippen LogP contribution < -0.4 is 5.73 Å². The molecule has 25 heavy (non-hydrogen) atoms. The van der Waals surface area contributed by atoms with Gasteiger partial charge in [-0.15, -0.1) is 0 Å². The zero-order chi connectivity index (χ0) is 17.4. The van der Waals surface area contributed by atoms with Gasteiger partial charge in [0.25, 0.3) is 0 Å². The molecule has 5 heteroatoms. The number of nitrogen functional groups attached to an aromatic ring is 1. The molecule has 0 saturated carbocycles. The summed E-state index contributed by atoms with van der Waals surface area (Å²) >= 11 is 0. The van der Waals surface area contributed by atoms with Gasteiger partial charge in [0.1, 0.15) is 11.6 Å². The quantitative estimate of drug-likeness (QED) is 0.535. The smallest absolute Gasteiger partial charge is 0.123 e. The molecule has 4 rings (SSSR count). The number of nitrogens with two attached hydrogens (primary N) is 1. The van der Waals surface area contributed by atoms with Crippen molar-refractivity contribution in [3.63, 3.8) is 0 Å². The van der Waals surface area contributed by atoms with E-state index in [-0.39, 0.29) is 11.6 Å². The lowest BCUT2D eigenvalue weighted by Gasteiger charge is -2.11. The fourth-order valence-electron chi connectivity index (χ4n) is 2.69. The Labute approximate surface area is 142 Å². The van der Waals surface area contributed by atoms with E-state index < -0.39 is 0 Å². The largest absolute Gasteiger partial charge is 0.399 e. The van der Waals surface area contributed by atoms with Gasteiger partial charge in [0.05, 0.1) is 22.4 Å². The molecule has 0 atom stereocenters. The van der Waals surface area contributed by atoms with Crippen LogP contribution in [-0.4, -0.2) is 9.97 Å². The van der Waals surface area contributed by atoms with Crippen molar-refractivity contribution in [1.29, 1.82) is 0 Å². The molecule has 0 aliphatic carbocycles. The van der Waals surface area contributed by atoms with Crippen molar-refractivity contribution in [3.8, 4) is 22.5 Å². The van der Waals surface area contributed by atoms with E-state index in [1.807, 2.05) is 0 Å². The third-order valence-corrected chi connectivity index (χ3v) is 3.92. The first-order valence-corrected chi connectivity index (χ1v) is 7.69. The number of hydrogen-bond donors (Lipinski definition) is 1. The minimum atomic E-state index is -0.329. The third kappa shape index (κ3) is 2.92. The van der Waals surface area contributed by atoms with Gasteiger partial charge in [-0.3, -0.25) is 0 Å². The van der Waals surface area contributed by atoms with Gasteiger partial charge in [-0.05, 0) is 66.7 Å². The summed E-state index contributed by atoms with van der Waals surface area (Å²) in [6.07, 6.45) is 0. The molecule has 0 amide bonds. The molecule has 4 aromatic rings. The molecule has 0 fully saturated rings. The van der Waals surface area contributed by atoms with Crippen LogP contribution >= 0.6 is 0 Å². The molecule has 1 aromatic heterocycles. The van der Waals surface area contributed by atoms with Gasteiger partial charge >= 0.3 is 0 Å². The van der Waals surface area contributed by atoms with Gasteiger partial charge in [0, 0.05) is 16.8 Å². The van der Waals surface area contributed by atoms with E-state index in [9.17, 15) is 8.78 Å². The highest BCUT2D eigenvalue weighted by Gasteiger charge is 2.13. The SMILES string of the molecule is Nc1ccc2nc(-c3ccc(F)cc3)c(-c3ccc(F)cc3)nc2c1. The highest BCUT2D eigenvalue weighted by Crippen LogP contribution is 2.31. The predicted molar refractivity (Wildman–Crippen MR) is 94.7 cm³/mol. The Morgan fingerprint density at radius 2 is 1.08 bits per heavy atom. The van der Waals surface area contributed by atoms with Crippen LogP contribution in [-0.2, 0) is 0 Å². The summed E-state index contributed by atoms with van der Waals surface area (Å²) in [7, 11) is 0. The number of rotatable bonds is 2. The number of nitrogens with zero attached hydrogens (tertiary/aromatic N) is 2. The lowest BCUT2D eigenvalue weighted by atomic mass is 10.0. The Kier molecular flexibility index (Phi) is 3.61. The number of fused-ring (bicyclic) bond motifs is 1. The first-order chi connectivity index (χ1) is 12.1. The molecule has 0 radical (unpaired) electrons. The second-order valence-electron chi connectivity index (χ2n) is 5.68. The minimum absolute atomic E-state index is 0.325. The van der Waals surface area contributed by atoms with Crippen molar-refractivity contribution in [3.05, 3.63) is 78.4 Å². The molecule has 0 aliphatic heterocycles. The Hall–Kier alpha value is -3.34. The standard InChI is InChI=1S/C20H13F2N3/c21-14-5-1-12(2-6-14)19-20(13-3-7-15(22)8-4-13)25-18-11-16(23)9-10-17(18)24-19/h1-11H,23H2. The topological polar surface area (TPSA) is 51.8 Å². The monoisotopic (exact) mass is 333 g/mol.